The predicted molar refractivity (Wildman–Crippen MR) is 91.3 cm³/mol. The van der Waals surface area contributed by atoms with E-state index in [2.05, 4.69) is 5.16 Å². The van der Waals surface area contributed by atoms with Crippen molar-refractivity contribution in [1.82, 2.24) is 0 Å². The van der Waals surface area contributed by atoms with Gasteiger partial charge >= 0.3 is 0 Å². The predicted octanol–water partition coefficient (Wildman–Crippen LogP) is 5.01. The van der Waals surface area contributed by atoms with Gasteiger partial charge < -0.3 is 14.3 Å². The number of aryl methyl sites for hydroxylation is 1. The van der Waals surface area contributed by atoms with Crippen molar-refractivity contribution in [2.24, 2.45) is 5.16 Å². The zero-order valence-electron chi connectivity index (χ0n) is 13.4. The number of halogens is 3. The van der Waals surface area contributed by atoms with Crippen LogP contribution in [0.4, 0.5) is 4.39 Å². The Hall–Kier alpha value is -1.46. The first-order valence-corrected chi connectivity index (χ1v) is 7.85. The molecule has 0 aliphatic rings. The van der Waals surface area contributed by atoms with E-state index in [-0.39, 0.29) is 16.8 Å². The summed E-state index contributed by atoms with van der Waals surface area (Å²) >= 11 is 11.0. The largest absolute Gasteiger partial charge is 0.490 e. The third-order valence-electron chi connectivity index (χ3n) is 2.56. The first-order valence-electron chi connectivity index (χ1n) is 7.10. The zero-order valence-corrected chi connectivity index (χ0v) is 14.9. The second kappa shape index (κ2) is 10.3. The molecule has 0 fully saturated rings. The van der Waals surface area contributed by atoms with Crippen LogP contribution in [0, 0.1) is 12.7 Å². The van der Waals surface area contributed by atoms with E-state index in [0.717, 1.165) is 5.71 Å². The normalized spacial score (nSPS) is 10.0. The van der Waals surface area contributed by atoms with Crippen LogP contribution in [0.3, 0.4) is 0 Å². The first-order chi connectivity index (χ1) is 10.9. The van der Waals surface area contributed by atoms with Crippen LogP contribution in [0.5, 0.6) is 11.5 Å². The lowest BCUT2D eigenvalue weighted by atomic mass is 10.2. The second-order valence-corrected chi connectivity index (χ2v) is 5.94. The highest BCUT2D eigenvalue weighted by atomic mass is 35.5. The van der Waals surface area contributed by atoms with Gasteiger partial charge in [0.1, 0.15) is 23.5 Å². The molecule has 0 spiro atoms. The van der Waals surface area contributed by atoms with Crippen molar-refractivity contribution < 1.29 is 18.7 Å². The summed E-state index contributed by atoms with van der Waals surface area (Å²) in [6.07, 6.45) is 2.08. The van der Waals surface area contributed by atoms with E-state index in [0.29, 0.717) is 30.9 Å². The van der Waals surface area contributed by atoms with Crippen LogP contribution in [0.15, 0.2) is 27.9 Å². The van der Waals surface area contributed by atoms with Gasteiger partial charge in [0.15, 0.2) is 11.6 Å². The van der Waals surface area contributed by atoms with E-state index in [4.69, 9.17) is 37.5 Å². The Labute approximate surface area is 145 Å². The SMILES string of the molecule is CC(C)=NOCCCOc1c(C)cc(OCC=C(Cl)Cl)cc1F. The average Bonchev–Trinajstić information content (AvgIpc) is 2.44. The van der Waals surface area contributed by atoms with Gasteiger partial charge in [0.25, 0.3) is 0 Å². The standard InChI is InChI=1S/C16H20Cl2FNO3/c1-11(2)20-23-7-4-6-22-16-12(3)9-13(10-14(16)19)21-8-5-15(17)18/h5,9-10H,4,6-8H2,1-3H3. The summed E-state index contributed by atoms with van der Waals surface area (Å²) in [5, 5.41) is 3.80. The maximum atomic E-state index is 14.1. The molecule has 0 bridgehead atoms. The Morgan fingerprint density at radius 2 is 1.96 bits per heavy atom. The van der Waals surface area contributed by atoms with Crippen molar-refractivity contribution in [3.63, 3.8) is 0 Å². The molecule has 0 radical (unpaired) electrons. The fourth-order valence-corrected chi connectivity index (χ4v) is 1.76. The summed E-state index contributed by atoms with van der Waals surface area (Å²) in [7, 11) is 0. The minimum absolute atomic E-state index is 0.104. The summed E-state index contributed by atoms with van der Waals surface area (Å²) in [4.78, 5) is 5.04. The highest BCUT2D eigenvalue weighted by molar-refractivity contribution is 6.55. The van der Waals surface area contributed by atoms with Gasteiger partial charge in [-0.25, -0.2) is 4.39 Å². The lowest BCUT2D eigenvalue weighted by Gasteiger charge is -2.12. The molecule has 0 unspecified atom stereocenters. The molecule has 0 aliphatic carbocycles. The Kier molecular flexibility index (Phi) is 8.81. The zero-order chi connectivity index (χ0) is 17.2. The molecule has 1 aromatic carbocycles. The molecule has 0 amide bonds. The van der Waals surface area contributed by atoms with Crippen LogP contribution < -0.4 is 9.47 Å². The number of benzene rings is 1. The molecule has 0 saturated heterocycles. The number of hydrogen-bond acceptors (Lipinski definition) is 4. The Bertz CT molecular complexity index is 545. The van der Waals surface area contributed by atoms with E-state index < -0.39 is 5.82 Å². The third kappa shape index (κ3) is 8.09. The molecule has 128 valence electrons. The minimum Gasteiger partial charge on any atom is -0.490 e. The molecule has 0 saturated carbocycles. The Balaban J connectivity index is 2.50. The van der Waals surface area contributed by atoms with E-state index in [1.807, 2.05) is 13.8 Å². The van der Waals surface area contributed by atoms with Crippen molar-refractivity contribution in [2.75, 3.05) is 19.8 Å². The molecule has 23 heavy (non-hydrogen) atoms. The van der Waals surface area contributed by atoms with Gasteiger partial charge in [-0.3, -0.25) is 0 Å². The molecule has 0 aromatic heterocycles. The molecule has 0 heterocycles. The van der Waals surface area contributed by atoms with Crippen molar-refractivity contribution in [1.29, 1.82) is 0 Å². The van der Waals surface area contributed by atoms with Gasteiger partial charge in [-0.15, -0.1) is 0 Å². The summed E-state index contributed by atoms with van der Waals surface area (Å²) < 4.78 is 25.0. The molecule has 1 rings (SSSR count). The van der Waals surface area contributed by atoms with Gasteiger partial charge in [0.2, 0.25) is 0 Å². The Morgan fingerprint density at radius 1 is 1.22 bits per heavy atom. The topological polar surface area (TPSA) is 40.0 Å². The van der Waals surface area contributed by atoms with Crippen molar-refractivity contribution in [3.05, 3.63) is 34.1 Å². The average molecular weight is 364 g/mol. The van der Waals surface area contributed by atoms with E-state index in [9.17, 15) is 4.39 Å². The number of rotatable bonds is 9. The smallest absolute Gasteiger partial charge is 0.169 e. The number of nitrogens with zero attached hydrogens (tertiary/aromatic N) is 1. The van der Waals surface area contributed by atoms with Crippen molar-refractivity contribution in [3.8, 4) is 11.5 Å². The minimum atomic E-state index is -0.482. The van der Waals surface area contributed by atoms with Gasteiger partial charge in [0.05, 0.1) is 12.3 Å². The van der Waals surface area contributed by atoms with Crippen LogP contribution in [0.1, 0.15) is 25.8 Å². The molecule has 0 atom stereocenters. The van der Waals surface area contributed by atoms with E-state index in [1.165, 1.54) is 12.1 Å². The van der Waals surface area contributed by atoms with Gasteiger partial charge in [-0.05, 0) is 38.5 Å². The summed E-state index contributed by atoms with van der Waals surface area (Å²) in [6.45, 7) is 6.35. The van der Waals surface area contributed by atoms with Gasteiger partial charge in [0, 0.05) is 12.5 Å². The van der Waals surface area contributed by atoms with E-state index in [1.54, 1.807) is 13.0 Å². The van der Waals surface area contributed by atoms with Crippen LogP contribution >= 0.6 is 23.2 Å². The van der Waals surface area contributed by atoms with Gasteiger partial charge in [-0.2, -0.15) is 0 Å². The fourth-order valence-electron chi connectivity index (χ4n) is 1.64. The molecule has 7 heteroatoms. The second-order valence-electron chi connectivity index (χ2n) is 4.93. The highest BCUT2D eigenvalue weighted by Crippen LogP contribution is 2.28. The van der Waals surface area contributed by atoms with Crippen molar-refractivity contribution >= 4 is 28.9 Å². The monoisotopic (exact) mass is 363 g/mol. The Morgan fingerprint density at radius 3 is 2.57 bits per heavy atom. The van der Waals surface area contributed by atoms with Crippen LogP contribution in [0.2, 0.25) is 0 Å². The number of oxime groups is 1. The number of hydrogen-bond donors (Lipinski definition) is 0. The van der Waals surface area contributed by atoms with Crippen LogP contribution in [-0.4, -0.2) is 25.5 Å². The lowest BCUT2D eigenvalue weighted by Crippen LogP contribution is -2.05. The van der Waals surface area contributed by atoms with Crippen molar-refractivity contribution in [2.45, 2.75) is 27.2 Å². The quantitative estimate of drug-likeness (QED) is 0.351. The molecule has 4 nitrogen and oxygen atoms in total. The maximum Gasteiger partial charge on any atom is 0.169 e. The molecular formula is C16H20Cl2FNO3. The number of ether oxygens (including phenoxy) is 2. The summed E-state index contributed by atoms with van der Waals surface area (Å²) in [6, 6.07) is 2.95. The van der Waals surface area contributed by atoms with E-state index >= 15 is 0 Å². The summed E-state index contributed by atoms with van der Waals surface area (Å²) in [5.74, 6) is 0.108. The molecule has 0 N–H and O–H groups in total. The molecule has 0 aliphatic heterocycles. The van der Waals surface area contributed by atoms with Crippen LogP contribution in [-0.2, 0) is 4.84 Å². The maximum absolute atomic E-state index is 14.1. The van der Waals surface area contributed by atoms with Gasteiger partial charge in [-0.1, -0.05) is 28.4 Å². The third-order valence-corrected chi connectivity index (χ3v) is 2.87. The lowest BCUT2D eigenvalue weighted by molar-refractivity contribution is 0.126. The molecular weight excluding hydrogens is 344 g/mol. The first kappa shape index (κ1) is 19.6. The molecule has 1 aromatic rings. The fraction of sp³-hybridized carbons (Fsp3) is 0.438. The highest BCUT2D eigenvalue weighted by Gasteiger charge is 2.10. The van der Waals surface area contributed by atoms with Crippen LogP contribution in [0.25, 0.3) is 0 Å². The summed E-state index contributed by atoms with van der Waals surface area (Å²) in [5.41, 5.74) is 1.48.